The molecule has 0 aliphatic heterocycles. The lowest BCUT2D eigenvalue weighted by atomic mass is 9.77. The Hall–Kier alpha value is -0.0800. The number of rotatable bonds is 9. The van der Waals surface area contributed by atoms with Crippen LogP contribution in [0.4, 0.5) is 0 Å². The van der Waals surface area contributed by atoms with Crippen LogP contribution in [0.25, 0.3) is 0 Å². The molecule has 0 heterocycles. The third-order valence-corrected chi connectivity index (χ3v) is 4.55. The van der Waals surface area contributed by atoms with Gasteiger partial charge in [-0.05, 0) is 57.4 Å². The summed E-state index contributed by atoms with van der Waals surface area (Å²) in [4.78, 5) is 0. The SMILES string of the molecule is CCCC1CCC(CNC)(OCCCC(C)C)CC1. The zero-order valence-electron chi connectivity index (χ0n) is 13.6. The summed E-state index contributed by atoms with van der Waals surface area (Å²) in [7, 11) is 2.05. The first-order valence-corrected chi connectivity index (χ1v) is 8.40. The van der Waals surface area contributed by atoms with Gasteiger partial charge >= 0.3 is 0 Å². The van der Waals surface area contributed by atoms with Crippen molar-refractivity contribution in [3.63, 3.8) is 0 Å². The van der Waals surface area contributed by atoms with Crippen LogP contribution in [0.3, 0.4) is 0 Å². The van der Waals surface area contributed by atoms with E-state index in [9.17, 15) is 0 Å². The Kier molecular flexibility index (Phi) is 8.01. The molecule has 0 aromatic rings. The Balaban J connectivity index is 2.34. The standard InChI is InChI=1S/C17H35NO/c1-5-7-16-9-11-17(12-10-16,14-18-4)19-13-6-8-15(2)3/h15-16,18H,5-14H2,1-4H3. The molecular formula is C17H35NO. The Bertz CT molecular complexity index is 219. The van der Waals surface area contributed by atoms with Gasteiger partial charge in [-0.2, -0.15) is 0 Å². The van der Waals surface area contributed by atoms with Crippen LogP contribution in [-0.4, -0.2) is 25.8 Å². The minimum atomic E-state index is 0.135. The van der Waals surface area contributed by atoms with Gasteiger partial charge in [-0.3, -0.25) is 0 Å². The summed E-state index contributed by atoms with van der Waals surface area (Å²) in [6.45, 7) is 8.85. The summed E-state index contributed by atoms with van der Waals surface area (Å²) < 4.78 is 6.33. The lowest BCUT2D eigenvalue weighted by Crippen LogP contribution is -2.45. The second kappa shape index (κ2) is 8.97. The number of nitrogens with one attached hydrogen (secondary N) is 1. The smallest absolute Gasteiger partial charge is 0.0806 e. The molecule has 1 aliphatic carbocycles. The molecule has 0 radical (unpaired) electrons. The lowest BCUT2D eigenvalue weighted by Gasteiger charge is -2.40. The van der Waals surface area contributed by atoms with E-state index in [4.69, 9.17) is 4.74 Å². The maximum atomic E-state index is 6.33. The Morgan fingerprint density at radius 1 is 1.26 bits per heavy atom. The zero-order chi connectivity index (χ0) is 14.1. The average molecular weight is 269 g/mol. The molecule has 0 atom stereocenters. The van der Waals surface area contributed by atoms with Crippen LogP contribution < -0.4 is 5.32 Å². The lowest BCUT2D eigenvalue weighted by molar-refractivity contribution is -0.0775. The van der Waals surface area contributed by atoms with E-state index in [1.807, 2.05) is 0 Å². The van der Waals surface area contributed by atoms with Crippen molar-refractivity contribution in [2.45, 2.75) is 77.7 Å². The number of hydrogen-bond acceptors (Lipinski definition) is 2. The molecule has 1 rings (SSSR count). The Labute approximate surface area is 120 Å². The van der Waals surface area contributed by atoms with Gasteiger partial charge in [0.1, 0.15) is 0 Å². The average Bonchev–Trinajstić information content (AvgIpc) is 2.38. The minimum absolute atomic E-state index is 0.135. The summed E-state index contributed by atoms with van der Waals surface area (Å²) in [6, 6.07) is 0. The Morgan fingerprint density at radius 2 is 1.95 bits per heavy atom. The molecular weight excluding hydrogens is 234 g/mol. The molecule has 1 saturated carbocycles. The summed E-state index contributed by atoms with van der Waals surface area (Å²) in [5.41, 5.74) is 0.135. The second-order valence-corrected chi connectivity index (χ2v) is 6.83. The van der Waals surface area contributed by atoms with Crippen molar-refractivity contribution in [1.82, 2.24) is 5.32 Å². The fraction of sp³-hybridized carbons (Fsp3) is 1.00. The van der Waals surface area contributed by atoms with Crippen LogP contribution in [0.2, 0.25) is 0 Å². The fourth-order valence-corrected chi connectivity index (χ4v) is 3.38. The summed E-state index contributed by atoms with van der Waals surface area (Å²) in [5.74, 6) is 1.75. The molecule has 1 N–H and O–H groups in total. The van der Waals surface area contributed by atoms with Crippen LogP contribution in [0.5, 0.6) is 0 Å². The molecule has 1 aliphatic rings. The molecule has 0 bridgehead atoms. The normalized spacial score (nSPS) is 27.9. The third kappa shape index (κ3) is 6.27. The molecule has 0 saturated heterocycles. The number of ether oxygens (including phenoxy) is 1. The summed E-state index contributed by atoms with van der Waals surface area (Å²) in [6.07, 6.45) is 10.5. The molecule has 0 aromatic heterocycles. The van der Waals surface area contributed by atoms with Gasteiger partial charge < -0.3 is 10.1 Å². The first-order valence-electron chi connectivity index (χ1n) is 8.40. The van der Waals surface area contributed by atoms with E-state index in [2.05, 4.69) is 33.1 Å². The monoisotopic (exact) mass is 269 g/mol. The highest BCUT2D eigenvalue weighted by Gasteiger charge is 2.35. The van der Waals surface area contributed by atoms with Gasteiger partial charge in [0.2, 0.25) is 0 Å². The van der Waals surface area contributed by atoms with Gasteiger partial charge in [0.15, 0.2) is 0 Å². The molecule has 0 aromatic carbocycles. The highest BCUT2D eigenvalue weighted by molar-refractivity contribution is 4.89. The van der Waals surface area contributed by atoms with Crippen molar-refractivity contribution in [2.24, 2.45) is 11.8 Å². The zero-order valence-corrected chi connectivity index (χ0v) is 13.6. The van der Waals surface area contributed by atoms with Gasteiger partial charge in [-0.1, -0.05) is 33.6 Å². The van der Waals surface area contributed by atoms with Crippen molar-refractivity contribution in [3.8, 4) is 0 Å². The summed E-state index contributed by atoms with van der Waals surface area (Å²) >= 11 is 0. The predicted octanol–water partition coefficient (Wildman–Crippen LogP) is 4.39. The van der Waals surface area contributed by atoms with Gasteiger partial charge in [0, 0.05) is 13.2 Å². The number of hydrogen-bond donors (Lipinski definition) is 1. The maximum absolute atomic E-state index is 6.33. The van der Waals surface area contributed by atoms with Crippen LogP contribution in [-0.2, 0) is 4.74 Å². The van der Waals surface area contributed by atoms with Gasteiger partial charge in [0.05, 0.1) is 5.60 Å². The third-order valence-electron chi connectivity index (χ3n) is 4.55. The second-order valence-electron chi connectivity index (χ2n) is 6.83. The number of likely N-dealkylation sites (N-methyl/N-ethyl adjacent to an activating group) is 1. The topological polar surface area (TPSA) is 21.3 Å². The highest BCUT2D eigenvalue weighted by Crippen LogP contribution is 2.36. The predicted molar refractivity (Wildman–Crippen MR) is 83.5 cm³/mol. The van der Waals surface area contributed by atoms with Crippen LogP contribution >= 0.6 is 0 Å². The quantitative estimate of drug-likeness (QED) is 0.627. The van der Waals surface area contributed by atoms with E-state index in [1.165, 1.54) is 51.4 Å². The molecule has 0 spiro atoms. The van der Waals surface area contributed by atoms with Gasteiger partial charge in [-0.25, -0.2) is 0 Å². The molecule has 2 nitrogen and oxygen atoms in total. The largest absolute Gasteiger partial charge is 0.374 e. The minimum Gasteiger partial charge on any atom is -0.374 e. The van der Waals surface area contributed by atoms with E-state index in [1.54, 1.807) is 0 Å². The van der Waals surface area contributed by atoms with Crippen LogP contribution in [0.15, 0.2) is 0 Å². The molecule has 0 amide bonds. The van der Waals surface area contributed by atoms with Crippen molar-refractivity contribution in [3.05, 3.63) is 0 Å². The first-order chi connectivity index (χ1) is 9.12. The van der Waals surface area contributed by atoms with Gasteiger partial charge in [0.25, 0.3) is 0 Å². The van der Waals surface area contributed by atoms with E-state index in [-0.39, 0.29) is 5.60 Å². The Morgan fingerprint density at radius 3 is 2.47 bits per heavy atom. The molecule has 19 heavy (non-hydrogen) atoms. The van der Waals surface area contributed by atoms with E-state index in [0.717, 1.165) is 25.0 Å². The molecule has 0 unspecified atom stereocenters. The van der Waals surface area contributed by atoms with E-state index in [0.29, 0.717) is 0 Å². The van der Waals surface area contributed by atoms with Crippen LogP contribution in [0, 0.1) is 11.8 Å². The van der Waals surface area contributed by atoms with Crippen LogP contribution in [0.1, 0.15) is 72.1 Å². The molecule has 1 fully saturated rings. The van der Waals surface area contributed by atoms with E-state index < -0.39 is 0 Å². The van der Waals surface area contributed by atoms with Crippen molar-refractivity contribution >= 4 is 0 Å². The van der Waals surface area contributed by atoms with Crippen molar-refractivity contribution in [2.75, 3.05) is 20.2 Å². The van der Waals surface area contributed by atoms with Crippen molar-refractivity contribution in [1.29, 1.82) is 0 Å². The first kappa shape index (κ1) is 17.0. The molecule has 114 valence electrons. The fourth-order valence-electron chi connectivity index (χ4n) is 3.38. The van der Waals surface area contributed by atoms with Crippen molar-refractivity contribution < 1.29 is 4.74 Å². The summed E-state index contributed by atoms with van der Waals surface area (Å²) in [5, 5.41) is 3.35. The van der Waals surface area contributed by atoms with E-state index >= 15 is 0 Å². The highest BCUT2D eigenvalue weighted by atomic mass is 16.5. The van der Waals surface area contributed by atoms with Gasteiger partial charge in [-0.15, -0.1) is 0 Å². The molecule has 2 heteroatoms. The maximum Gasteiger partial charge on any atom is 0.0806 e.